The van der Waals surface area contributed by atoms with Crippen molar-refractivity contribution in [1.29, 1.82) is 0 Å². The fourth-order valence-corrected chi connectivity index (χ4v) is 5.47. The van der Waals surface area contributed by atoms with Gasteiger partial charge in [0.05, 0.1) is 21.1 Å². The number of amides is 2. The molecule has 0 spiro atoms. The lowest BCUT2D eigenvalue weighted by atomic mass is 10.1. The molecule has 2 aromatic carbocycles. The number of nitrogens with one attached hydrogen (secondary N) is 2. The van der Waals surface area contributed by atoms with E-state index in [0.717, 1.165) is 10.5 Å². The predicted molar refractivity (Wildman–Crippen MR) is 120 cm³/mol. The Balaban J connectivity index is 1.59. The molecule has 160 valence electrons. The fraction of sp³-hybridized carbons (Fsp3) is 0.333. The normalized spacial score (nSPS) is 17.0. The van der Waals surface area contributed by atoms with Crippen LogP contribution in [-0.4, -0.2) is 37.3 Å². The van der Waals surface area contributed by atoms with Gasteiger partial charge in [-0.3, -0.25) is 9.59 Å². The second kappa shape index (κ2) is 9.41. The third-order valence-electron chi connectivity index (χ3n) is 4.86. The molecule has 0 saturated heterocycles. The van der Waals surface area contributed by atoms with Crippen molar-refractivity contribution >= 4 is 50.7 Å². The molecule has 2 atom stereocenters. The Morgan fingerprint density at radius 3 is 2.63 bits per heavy atom. The number of sulfone groups is 1. The van der Waals surface area contributed by atoms with Crippen molar-refractivity contribution < 1.29 is 18.0 Å². The van der Waals surface area contributed by atoms with Gasteiger partial charge in [0, 0.05) is 22.9 Å². The average molecular weight is 467 g/mol. The number of thioether (sulfide) groups is 1. The molecule has 0 aliphatic carbocycles. The van der Waals surface area contributed by atoms with Gasteiger partial charge in [-0.05, 0) is 56.2 Å². The van der Waals surface area contributed by atoms with E-state index >= 15 is 0 Å². The number of anilines is 1. The maximum Gasteiger partial charge on any atom is 0.237 e. The van der Waals surface area contributed by atoms with Crippen LogP contribution >= 0.6 is 23.4 Å². The van der Waals surface area contributed by atoms with E-state index in [9.17, 15) is 18.0 Å². The third kappa shape index (κ3) is 5.36. The molecule has 1 aliphatic rings. The van der Waals surface area contributed by atoms with E-state index in [-0.39, 0.29) is 28.4 Å². The summed E-state index contributed by atoms with van der Waals surface area (Å²) >= 11 is 7.24. The van der Waals surface area contributed by atoms with Crippen molar-refractivity contribution in [2.24, 2.45) is 0 Å². The van der Waals surface area contributed by atoms with Gasteiger partial charge in [0.25, 0.3) is 0 Å². The molecular formula is C21H23ClN2O4S2. The summed E-state index contributed by atoms with van der Waals surface area (Å²) in [6.07, 6.45) is 0.489. The van der Waals surface area contributed by atoms with Gasteiger partial charge in [-0.2, -0.15) is 0 Å². The van der Waals surface area contributed by atoms with Crippen LogP contribution < -0.4 is 10.6 Å². The van der Waals surface area contributed by atoms with Crippen LogP contribution in [0.2, 0.25) is 5.02 Å². The molecule has 0 saturated carbocycles. The average Bonchev–Trinajstić information content (AvgIpc) is 2.70. The Morgan fingerprint density at radius 1 is 1.23 bits per heavy atom. The van der Waals surface area contributed by atoms with Crippen molar-refractivity contribution in [3.8, 4) is 0 Å². The maximum absolute atomic E-state index is 12.9. The molecule has 2 aromatic rings. The quantitative estimate of drug-likeness (QED) is 0.649. The predicted octanol–water partition coefficient (Wildman–Crippen LogP) is 3.68. The highest BCUT2D eigenvalue weighted by Crippen LogP contribution is 2.37. The van der Waals surface area contributed by atoms with Gasteiger partial charge in [0.1, 0.15) is 0 Å². The molecule has 0 radical (unpaired) electrons. The van der Waals surface area contributed by atoms with Crippen LogP contribution in [0.1, 0.15) is 25.8 Å². The number of hydrogen-bond acceptors (Lipinski definition) is 5. The summed E-state index contributed by atoms with van der Waals surface area (Å²) in [5, 5.41) is 5.03. The van der Waals surface area contributed by atoms with Gasteiger partial charge in [0.15, 0.2) is 9.84 Å². The first kappa shape index (κ1) is 22.7. The lowest BCUT2D eigenvalue weighted by Crippen LogP contribution is -2.31. The van der Waals surface area contributed by atoms with Crippen molar-refractivity contribution in [3.05, 3.63) is 53.1 Å². The van der Waals surface area contributed by atoms with Crippen LogP contribution in [0.5, 0.6) is 0 Å². The molecule has 0 bridgehead atoms. The Morgan fingerprint density at radius 2 is 1.93 bits per heavy atom. The minimum Gasteiger partial charge on any atom is -0.356 e. The minimum absolute atomic E-state index is 0.0955. The van der Waals surface area contributed by atoms with Crippen LogP contribution in [0.25, 0.3) is 0 Å². The monoisotopic (exact) mass is 466 g/mol. The molecule has 30 heavy (non-hydrogen) atoms. The van der Waals surface area contributed by atoms with Gasteiger partial charge < -0.3 is 10.6 Å². The van der Waals surface area contributed by atoms with Crippen LogP contribution in [0.3, 0.4) is 0 Å². The molecule has 3 rings (SSSR count). The highest BCUT2D eigenvalue weighted by atomic mass is 35.5. The van der Waals surface area contributed by atoms with Gasteiger partial charge in [-0.25, -0.2) is 8.42 Å². The first-order valence-corrected chi connectivity index (χ1v) is 12.3. The number of rotatable bonds is 7. The second-order valence-electron chi connectivity index (χ2n) is 7.19. The molecule has 9 heteroatoms. The van der Waals surface area contributed by atoms with Gasteiger partial charge >= 0.3 is 0 Å². The number of hydrogen-bond donors (Lipinski definition) is 2. The summed E-state index contributed by atoms with van der Waals surface area (Å²) in [5.41, 5.74) is 1.52. The molecule has 2 N–H and O–H groups in total. The van der Waals surface area contributed by atoms with Crippen molar-refractivity contribution in [3.63, 3.8) is 0 Å². The van der Waals surface area contributed by atoms with E-state index in [1.165, 1.54) is 30.8 Å². The standard InChI is InChI=1S/C21H23ClN2O4S2/c1-13(11-20(25)23-10-9-15-3-5-16(22)6-4-15)30(27,28)17-7-8-19-18(12-17)24-21(26)14(2)29-19/h3-8,12-14H,9-11H2,1-2H3,(H,23,25)(H,24,26)/t13-,14-/m0/s1. The van der Waals surface area contributed by atoms with Crippen LogP contribution in [-0.2, 0) is 25.8 Å². The lowest BCUT2D eigenvalue weighted by Gasteiger charge is -2.22. The van der Waals surface area contributed by atoms with Crippen molar-refractivity contribution in [2.75, 3.05) is 11.9 Å². The highest BCUT2D eigenvalue weighted by Gasteiger charge is 2.29. The lowest BCUT2D eigenvalue weighted by molar-refractivity contribution is -0.121. The first-order valence-electron chi connectivity index (χ1n) is 9.53. The Kier molecular flexibility index (Phi) is 7.10. The number of halogens is 1. The fourth-order valence-electron chi connectivity index (χ4n) is 3.04. The summed E-state index contributed by atoms with van der Waals surface area (Å²) in [5.74, 6) is -0.481. The zero-order valence-electron chi connectivity index (χ0n) is 16.6. The van der Waals surface area contributed by atoms with Gasteiger partial charge in [-0.1, -0.05) is 23.7 Å². The zero-order chi connectivity index (χ0) is 21.9. The minimum atomic E-state index is -3.72. The molecule has 0 unspecified atom stereocenters. The van der Waals surface area contributed by atoms with Gasteiger partial charge in [-0.15, -0.1) is 11.8 Å². The highest BCUT2D eigenvalue weighted by molar-refractivity contribution is 8.01. The first-order chi connectivity index (χ1) is 14.2. The number of carbonyl (C=O) groups is 2. The number of carbonyl (C=O) groups excluding carboxylic acids is 2. The third-order valence-corrected chi connectivity index (χ3v) is 8.43. The van der Waals surface area contributed by atoms with E-state index in [2.05, 4.69) is 10.6 Å². The molecule has 6 nitrogen and oxygen atoms in total. The largest absolute Gasteiger partial charge is 0.356 e. The smallest absolute Gasteiger partial charge is 0.237 e. The molecule has 0 fully saturated rings. The van der Waals surface area contributed by atoms with Crippen LogP contribution in [0.15, 0.2) is 52.3 Å². The summed E-state index contributed by atoms with van der Waals surface area (Å²) in [6.45, 7) is 3.72. The van der Waals surface area contributed by atoms with E-state index in [1.54, 1.807) is 25.1 Å². The molecular weight excluding hydrogens is 444 g/mol. The zero-order valence-corrected chi connectivity index (χ0v) is 19.0. The number of fused-ring (bicyclic) bond motifs is 1. The summed E-state index contributed by atoms with van der Waals surface area (Å²) in [7, 11) is -3.72. The SMILES string of the molecule is C[C@@H]1Sc2ccc(S(=O)(=O)[C@@H](C)CC(=O)NCCc3ccc(Cl)cc3)cc2NC1=O. The number of benzene rings is 2. The van der Waals surface area contributed by atoms with E-state index in [1.807, 2.05) is 12.1 Å². The molecule has 2 amide bonds. The summed E-state index contributed by atoms with van der Waals surface area (Å²) in [6, 6.07) is 12.0. The topological polar surface area (TPSA) is 92.3 Å². The molecule has 1 aliphatic heterocycles. The Bertz CT molecular complexity index is 1060. The van der Waals surface area contributed by atoms with Crippen LogP contribution in [0.4, 0.5) is 5.69 Å². The van der Waals surface area contributed by atoms with Gasteiger partial charge in [0.2, 0.25) is 11.8 Å². The maximum atomic E-state index is 12.9. The van der Waals surface area contributed by atoms with E-state index < -0.39 is 15.1 Å². The molecule has 1 heterocycles. The Hall–Kier alpha value is -2.03. The van der Waals surface area contributed by atoms with Crippen LogP contribution in [0, 0.1) is 0 Å². The summed E-state index contributed by atoms with van der Waals surface area (Å²) in [4.78, 5) is 25.0. The van der Waals surface area contributed by atoms with Crippen molar-refractivity contribution in [1.82, 2.24) is 5.32 Å². The Labute approximate surface area is 185 Å². The van der Waals surface area contributed by atoms with E-state index in [0.29, 0.717) is 23.7 Å². The molecule has 0 aromatic heterocycles. The van der Waals surface area contributed by atoms with Crippen molar-refractivity contribution in [2.45, 2.75) is 47.0 Å². The van der Waals surface area contributed by atoms with E-state index in [4.69, 9.17) is 11.6 Å². The second-order valence-corrected chi connectivity index (χ2v) is 11.4. The summed E-state index contributed by atoms with van der Waals surface area (Å²) < 4.78 is 25.8.